The Bertz CT molecular complexity index is 512. The van der Waals surface area contributed by atoms with E-state index in [1.165, 1.54) is 11.8 Å². The molecule has 1 aromatic rings. The van der Waals surface area contributed by atoms with E-state index in [9.17, 15) is 9.59 Å². The van der Waals surface area contributed by atoms with Gasteiger partial charge in [-0.1, -0.05) is 6.08 Å². The highest BCUT2D eigenvalue weighted by Gasteiger charge is 2.12. The van der Waals surface area contributed by atoms with Crippen LogP contribution in [0.5, 0.6) is 0 Å². The maximum atomic E-state index is 12.0. The number of urea groups is 1. The predicted molar refractivity (Wildman–Crippen MR) is 79.1 cm³/mol. The molecule has 108 valence electrons. The average Bonchev–Trinajstić information content (AvgIpc) is 2.38. The molecule has 5 nitrogen and oxygen atoms in total. The first-order valence-corrected chi connectivity index (χ1v) is 6.39. The minimum absolute atomic E-state index is 0.00561. The number of carbonyl (C=O) groups is 2. The number of hydrogen-bond donors (Lipinski definition) is 2. The van der Waals surface area contributed by atoms with Crippen LogP contribution in [0.4, 0.5) is 10.5 Å². The van der Waals surface area contributed by atoms with Crippen LogP contribution in [0.1, 0.15) is 22.8 Å². The van der Waals surface area contributed by atoms with Crippen molar-refractivity contribution in [2.45, 2.75) is 13.8 Å². The molecule has 2 amide bonds. The van der Waals surface area contributed by atoms with E-state index in [-0.39, 0.29) is 25.0 Å². The molecule has 0 aromatic heterocycles. The lowest BCUT2D eigenvalue weighted by molar-refractivity contribution is 0.101. The quantitative estimate of drug-likeness (QED) is 0.618. The molecule has 0 fully saturated rings. The lowest BCUT2D eigenvalue weighted by atomic mass is 10.1. The fourth-order valence-electron chi connectivity index (χ4n) is 1.89. The second kappa shape index (κ2) is 7.45. The van der Waals surface area contributed by atoms with Crippen LogP contribution in [0.3, 0.4) is 0 Å². The molecule has 0 radical (unpaired) electrons. The van der Waals surface area contributed by atoms with Crippen molar-refractivity contribution in [3.63, 3.8) is 0 Å². The van der Waals surface area contributed by atoms with Gasteiger partial charge in [-0.2, -0.15) is 0 Å². The minimum Gasteiger partial charge on any atom is -0.395 e. The number of aliphatic hydroxyl groups is 1. The Kier molecular flexibility index (Phi) is 5.93. The van der Waals surface area contributed by atoms with E-state index in [1.807, 2.05) is 6.92 Å². The lowest BCUT2D eigenvalue weighted by Gasteiger charge is -2.20. The Balaban J connectivity index is 2.81. The molecule has 0 saturated carbocycles. The van der Waals surface area contributed by atoms with Crippen LogP contribution in [0.15, 0.2) is 30.9 Å². The third-order valence-electron chi connectivity index (χ3n) is 2.86. The number of nitrogens with one attached hydrogen (secondary N) is 1. The fourth-order valence-corrected chi connectivity index (χ4v) is 1.89. The van der Waals surface area contributed by atoms with Crippen LogP contribution in [0.2, 0.25) is 0 Å². The number of aliphatic hydroxyl groups excluding tert-OH is 1. The van der Waals surface area contributed by atoms with Gasteiger partial charge >= 0.3 is 6.03 Å². The van der Waals surface area contributed by atoms with Crippen LogP contribution in [-0.2, 0) is 0 Å². The summed E-state index contributed by atoms with van der Waals surface area (Å²) in [6, 6.07) is 4.82. The van der Waals surface area contributed by atoms with E-state index < -0.39 is 0 Å². The van der Waals surface area contributed by atoms with Gasteiger partial charge in [-0.3, -0.25) is 4.79 Å². The molecule has 2 N–H and O–H groups in total. The van der Waals surface area contributed by atoms with Crippen molar-refractivity contribution in [2.24, 2.45) is 0 Å². The van der Waals surface area contributed by atoms with Crippen LogP contribution in [-0.4, -0.2) is 41.5 Å². The first kappa shape index (κ1) is 15.9. The van der Waals surface area contributed by atoms with Crippen LogP contribution >= 0.6 is 0 Å². The summed E-state index contributed by atoms with van der Waals surface area (Å²) in [5.41, 5.74) is 2.07. The molecular weight excluding hydrogens is 256 g/mol. The van der Waals surface area contributed by atoms with Crippen molar-refractivity contribution in [1.82, 2.24) is 4.90 Å². The maximum absolute atomic E-state index is 12.0. The molecule has 0 spiro atoms. The summed E-state index contributed by atoms with van der Waals surface area (Å²) in [6.45, 7) is 7.39. The van der Waals surface area contributed by atoms with E-state index in [0.717, 1.165) is 5.56 Å². The molecule has 0 atom stereocenters. The number of carbonyl (C=O) groups excluding carboxylic acids is 2. The van der Waals surface area contributed by atoms with Gasteiger partial charge in [-0.05, 0) is 37.6 Å². The number of rotatable bonds is 6. The SMILES string of the molecule is C=CCN(CCO)C(=O)Nc1ccc(C(C)=O)c(C)c1. The number of Topliss-reactive ketones (excluding diaryl/α,β-unsaturated/α-hetero) is 1. The maximum Gasteiger partial charge on any atom is 0.322 e. The number of nitrogens with zero attached hydrogens (tertiary/aromatic N) is 1. The van der Waals surface area contributed by atoms with E-state index >= 15 is 0 Å². The molecule has 1 rings (SSSR count). The smallest absolute Gasteiger partial charge is 0.322 e. The molecule has 0 bridgehead atoms. The zero-order valence-electron chi connectivity index (χ0n) is 11.8. The third-order valence-corrected chi connectivity index (χ3v) is 2.86. The number of anilines is 1. The zero-order chi connectivity index (χ0) is 15.1. The molecule has 0 unspecified atom stereocenters. The fraction of sp³-hybridized carbons (Fsp3) is 0.333. The Morgan fingerprint density at radius 1 is 1.45 bits per heavy atom. The van der Waals surface area contributed by atoms with E-state index in [0.29, 0.717) is 17.8 Å². The summed E-state index contributed by atoms with van der Waals surface area (Å²) < 4.78 is 0. The van der Waals surface area contributed by atoms with Crippen molar-refractivity contribution in [3.05, 3.63) is 42.0 Å². The first-order chi connectivity index (χ1) is 9.49. The van der Waals surface area contributed by atoms with Gasteiger partial charge in [0.25, 0.3) is 0 Å². The van der Waals surface area contributed by atoms with E-state index in [1.54, 1.807) is 24.3 Å². The van der Waals surface area contributed by atoms with E-state index in [4.69, 9.17) is 5.11 Å². The second-order valence-electron chi connectivity index (χ2n) is 4.47. The molecule has 1 aromatic carbocycles. The summed E-state index contributed by atoms with van der Waals surface area (Å²) in [7, 11) is 0. The molecule has 0 aliphatic heterocycles. The highest BCUT2D eigenvalue weighted by molar-refractivity contribution is 5.96. The Morgan fingerprint density at radius 2 is 2.15 bits per heavy atom. The van der Waals surface area contributed by atoms with Gasteiger partial charge in [-0.15, -0.1) is 6.58 Å². The first-order valence-electron chi connectivity index (χ1n) is 6.39. The summed E-state index contributed by atoms with van der Waals surface area (Å²) in [5, 5.41) is 11.7. The summed E-state index contributed by atoms with van der Waals surface area (Å²) in [4.78, 5) is 24.8. The number of aryl methyl sites for hydroxylation is 1. The largest absolute Gasteiger partial charge is 0.395 e. The average molecular weight is 276 g/mol. The highest BCUT2D eigenvalue weighted by atomic mass is 16.3. The number of hydrogen-bond acceptors (Lipinski definition) is 3. The topological polar surface area (TPSA) is 69.6 Å². The van der Waals surface area contributed by atoms with Gasteiger partial charge < -0.3 is 15.3 Å². The van der Waals surface area contributed by atoms with Gasteiger partial charge in [0.05, 0.1) is 6.61 Å². The molecule has 0 saturated heterocycles. The minimum atomic E-state index is -0.311. The molecule has 0 aliphatic carbocycles. The van der Waals surface area contributed by atoms with Gasteiger partial charge in [0.1, 0.15) is 0 Å². The number of amides is 2. The zero-order valence-corrected chi connectivity index (χ0v) is 11.8. The van der Waals surface area contributed by atoms with Crippen molar-refractivity contribution < 1.29 is 14.7 Å². The number of ketones is 1. The van der Waals surface area contributed by atoms with Crippen LogP contribution in [0.25, 0.3) is 0 Å². The normalized spacial score (nSPS) is 9.95. The molecule has 5 heteroatoms. The molecule has 0 aliphatic rings. The Labute approximate surface area is 118 Å². The molecular formula is C15H20N2O3. The Hall–Kier alpha value is -2.14. The van der Waals surface area contributed by atoms with Crippen LogP contribution < -0.4 is 5.32 Å². The summed E-state index contributed by atoms with van der Waals surface area (Å²) >= 11 is 0. The number of benzene rings is 1. The van der Waals surface area contributed by atoms with Crippen LogP contribution in [0, 0.1) is 6.92 Å². The predicted octanol–water partition coefficient (Wildman–Crippen LogP) is 2.21. The van der Waals surface area contributed by atoms with Crippen molar-refractivity contribution >= 4 is 17.5 Å². The molecule has 20 heavy (non-hydrogen) atoms. The Morgan fingerprint density at radius 3 is 2.65 bits per heavy atom. The standard InChI is InChI=1S/C15H20N2O3/c1-4-7-17(8-9-18)15(20)16-13-5-6-14(12(3)19)11(2)10-13/h4-6,10,18H,1,7-9H2,2-3H3,(H,16,20). The van der Waals surface area contributed by atoms with Gasteiger partial charge in [0, 0.05) is 24.3 Å². The monoisotopic (exact) mass is 276 g/mol. The van der Waals surface area contributed by atoms with Crippen molar-refractivity contribution in [1.29, 1.82) is 0 Å². The highest BCUT2D eigenvalue weighted by Crippen LogP contribution is 2.16. The molecule has 0 heterocycles. The summed E-state index contributed by atoms with van der Waals surface area (Å²) in [6.07, 6.45) is 1.60. The van der Waals surface area contributed by atoms with Gasteiger partial charge in [-0.25, -0.2) is 4.79 Å². The van der Waals surface area contributed by atoms with Gasteiger partial charge in [0.15, 0.2) is 5.78 Å². The summed E-state index contributed by atoms with van der Waals surface area (Å²) in [5.74, 6) is -0.00561. The van der Waals surface area contributed by atoms with Crippen molar-refractivity contribution in [3.8, 4) is 0 Å². The third kappa shape index (κ3) is 4.20. The van der Waals surface area contributed by atoms with Crippen molar-refractivity contribution in [2.75, 3.05) is 25.0 Å². The van der Waals surface area contributed by atoms with E-state index in [2.05, 4.69) is 11.9 Å². The second-order valence-corrected chi connectivity index (χ2v) is 4.47. The lowest BCUT2D eigenvalue weighted by Crippen LogP contribution is -2.37. The van der Waals surface area contributed by atoms with Gasteiger partial charge in [0.2, 0.25) is 0 Å².